The van der Waals surface area contributed by atoms with Gasteiger partial charge in [0.2, 0.25) is 0 Å². The number of hydrogen-bond acceptors (Lipinski definition) is 1. The zero-order chi connectivity index (χ0) is 15.8. The summed E-state index contributed by atoms with van der Waals surface area (Å²) in [6.45, 7) is 5.78. The van der Waals surface area contributed by atoms with Crippen LogP contribution in [0.15, 0.2) is 59.6 Å². The molecule has 0 heterocycles. The summed E-state index contributed by atoms with van der Waals surface area (Å²) >= 11 is 0. The van der Waals surface area contributed by atoms with Crippen molar-refractivity contribution in [1.29, 1.82) is 0 Å². The fourth-order valence-electron chi connectivity index (χ4n) is 2.27. The van der Waals surface area contributed by atoms with E-state index in [1.54, 1.807) is 0 Å². The first kappa shape index (κ1) is 19.5. The van der Waals surface area contributed by atoms with Gasteiger partial charge in [-0.05, 0) is 24.5 Å². The number of hydrogen-bond donors (Lipinski definition) is 2. The van der Waals surface area contributed by atoms with Crippen molar-refractivity contribution in [3.63, 3.8) is 0 Å². The van der Waals surface area contributed by atoms with Crippen molar-refractivity contribution in [2.75, 3.05) is 13.1 Å². The number of aryl methyl sites for hydroxylation is 1. The highest BCUT2D eigenvalue weighted by molar-refractivity contribution is 14.0. The molecule has 0 aliphatic heterocycles. The Balaban J connectivity index is 0.00000264. The van der Waals surface area contributed by atoms with Crippen LogP contribution in [0.4, 0.5) is 0 Å². The summed E-state index contributed by atoms with van der Waals surface area (Å²) in [6, 6.07) is 19.0. The topological polar surface area (TPSA) is 50.4 Å². The maximum Gasteiger partial charge on any atom is 0.188 e. The SMILES string of the molecule is Cc1ccc(C(C)CN=C(N)NCCc2ccccc2)cc1.I. The third kappa shape index (κ3) is 7.03. The highest BCUT2D eigenvalue weighted by atomic mass is 127. The number of guanidine groups is 1. The Labute approximate surface area is 156 Å². The Hall–Kier alpha value is -1.56. The molecule has 2 aromatic carbocycles. The third-order valence-corrected chi connectivity index (χ3v) is 3.74. The lowest BCUT2D eigenvalue weighted by molar-refractivity contribution is 0.762. The lowest BCUT2D eigenvalue weighted by Gasteiger charge is -2.11. The zero-order valence-corrected chi connectivity index (χ0v) is 16.2. The quantitative estimate of drug-likeness (QED) is 0.421. The van der Waals surface area contributed by atoms with Crippen LogP contribution < -0.4 is 11.1 Å². The number of halogens is 1. The smallest absolute Gasteiger partial charge is 0.188 e. The van der Waals surface area contributed by atoms with Gasteiger partial charge in [-0.15, -0.1) is 24.0 Å². The fraction of sp³-hybridized carbons (Fsp3) is 0.316. The van der Waals surface area contributed by atoms with Gasteiger partial charge in [-0.1, -0.05) is 67.1 Å². The predicted octanol–water partition coefficient (Wildman–Crippen LogP) is 3.86. The molecule has 3 N–H and O–H groups in total. The highest BCUT2D eigenvalue weighted by Gasteiger charge is 2.04. The van der Waals surface area contributed by atoms with Crippen LogP contribution in [0, 0.1) is 6.92 Å². The van der Waals surface area contributed by atoms with E-state index in [1.807, 2.05) is 6.07 Å². The fourth-order valence-corrected chi connectivity index (χ4v) is 2.27. The van der Waals surface area contributed by atoms with E-state index in [4.69, 9.17) is 5.73 Å². The number of nitrogens with one attached hydrogen (secondary N) is 1. The first-order valence-corrected chi connectivity index (χ1v) is 7.79. The molecule has 1 atom stereocenters. The molecule has 0 aliphatic carbocycles. The maximum atomic E-state index is 5.93. The van der Waals surface area contributed by atoms with Crippen LogP contribution in [0.2, 0.25) is 0 Å². The van der Waals surface area contributed by atoms with Crippen LogP contribution in [0.25, 0.3) is 0 Å². The summed E-state index contributed by atoms with van der Waals surface area (Å²) < 4.78 is 0. The van der Waals surface area contributed by atoms with Crippen molar-refractivity contribution in [1.82, 2.24) is 5.32 Å². The van der Waals surface area contributed by atoms with Gasteiger partial charge in [0.1, 0.15) is 0 Å². The molecule has 3 nitrogen and oxygen atoms in total. The molecule has 0 aromatic heterocycles. The van der Waals surface area contributed by atoms with Crippen LogP contribution >= 0.6 is 24.0 Å². The second-order valence-corrected chi connectivity index (χ2v) is 5.70. The monoisotopic (exact) mass is 423 g/mol. The Morgan fingerprint density at radius 3 is 2.39 bits per heavy atom. The van der Waals surface area contributed by atoms with Crippen LogP contribution in [0.3, 0.4) is 0 Å². The van der Waals surface area contributed by atoms with Gasteiger partial charge < -0.3 is 11.1 Å². The van der Waals surface area contributed by atoms with Gasteiger partial charge in [-0.3, -0.25) is 4.99 Å². The van der Waals surface area contributed by atoms with Crippen LogP contribution in [-0.4, -0.2) is 19.0 Å². The minimum Gasteiger partial charge on any atom is -0.370 e. The van der Waals surface area contributed by atoms with Crippen molar-refractivity contribution in [3.8, 4) is 0 Å². The van der Waals surface area contributed by atoms with E-state index in [1.165, 1.54) is 16.7 Å². The first-order valence-electron chi connectivity index (χ1n) is 7.79. The number of aliphatic imine (C=N–C) groups is 1. The summed E-state index contributed by atoms with van der Waals surface area (Å²) in [5, 5.41) is 3.17. The Morgan fingerprint density at radius 2 is 1.74 bits per heavy atom. The molecule has 0 bridgehead atoms. The normalized spacial score (nSPS) is 12.3. The molecule has 0 radical (unpaired) electrons. The lowest BCUT2D eigenvalue weighted by atomic mass is 10.0. The number of nitrogens with two attached hydrogens (primary N) is 1. The van der Waals surface area contributed by atoms with Gasteiger partial charge in [-0.25, -0.2) is 0 Å². The van der Waals surface area contributed by atoms with Crippen molar-refractivity contribution in [2.24, 2.45) is 10.7 Å². The molecule has 23 heavy (non-hydrogen) atoms. The van der Waals surface area contributed by atoms with Crippen LogP contribution in [0.5, 0.6) is 0 Å². The van der Waals surface area contributed by atoms with E-state index < -0.39 is 0 Å². The molecule has 0 spiro atoms. The molecule has 0 aliphatic rings. The lowest BCUT2D eigenvalue weighted by Crippen LogP contribution is -2.33. The van der Waals surface area contributed by atoms with Crippen molar-refractivity contribution in [2.45, 2.75) is 26.2 Å². The largest absolute Gasteiger partial charge is 0.370 e. The molecule has 2 rings (SSSR count). The van der Waals surface area contributed by atoms with Gasteiger partial charge >= 0.3 is 0 Å². The highest BCUT2D eigenvalue weighted by Crippen LogP contribution is 2.15. The second-order valence-electron chi connectivity index (χ2n) is 5.70. The Bertz CT molecular complexity index is 594. The third-order valence-electron chi connectivity index (χ3n) is 3.74. The molecule has 0 saturated carbocycles. The number of benzene rings is 2. The summed E-state index contributed by atoms with van der Waals surface area (Å²) in [7, 11) is 0. The predicted molar refractivity (Wildman–Crippen MR) is 110 cm³/mol. The first-order chi connectivity index (χ1) is 10.6. The molecule has 4 heteroatoms. The van der Waals surface area contributed by atoms with Gasteiger partial charge in [-0.2, -0.15) is 0 Å². The average Bonchev–Trinajstić information content (AvgIpc) is 2.54. The minimum absolute atomic E-state index is 0. The molecule has 0 fully saturated rings. The molecular weight excluding hydrogens is 397 g/mol. The van der Waals surface area contributed by atoms with Gasteiger partial charge in [0.05, 0.1) is 0 Å². The van der Waals surface area contributed by atoms with E-state index in [9.17, 15) is 0 Å². The van der Waals surface area contributed by atoms with Crippen LogP contribution in [-0.2, 0) is 6.42 Å². The Morgan fingerprint density at radius 1 is 1.09 bits per heavy atom. The molecule has 2 aromatic rings. The standard InChI is InChI=1S/C19H25N3.HI/c1-15-8-10-18(11-9-15)16(2)14-22-19(20)21-13-12-17-6-4-3-5-7-17;/h3-11,16H,12-14H2,1-2H3,(H3,20,21,22);1H. The van der Waals surface area contributed by atoms with Crippen molar-refractivity contribution < 1.29 is 0 Å². The number of nitrogens with zero attached hydrogens (tertiary/aromatic N) is 1. The molecule has 0 saturated heterocycles. The van der Waals surface area contributed by atoms with Gasteiger partial charge in [0.25, 0.3) is 0 Å². The van der Waals surface area contributed by atoms with Gasteiger partial charge in [0, 0.05) is 19.0 Å². The van der Waals surface area contributed by atoms with Crippen molar-refractivity contribution in [3.05, 3.63) is 71.3 Å². The molecule has 1 unspecified atom stereocenters. The molecule has 0 amide bonds. The summed E-state index contributed by atoms with van der Waals surface area (Å²) in [4.78, 5) is 4.44. The molecular formula is C19H26IN3. The van der Waals surface area contributed by atoms with Gasteiger partial charge in [0.15, 0.2) is 5.96 Å². The second kappa shape index (κ2) is 10.3. The summed E-state index contributed by atoms with van der Waals surface area (Å²) in [5.41, 5.74) is 9.81. The number of rotatable bonds is 6. The van der Waals surface area contributed by atoms with E-state index in [2.05, 4.69) is 72.7 Å². The van der Waals surface area contributed by atoms with E-state index in [0.29, 0.717) is 18.4 Å². The maximum absolute atomic E-state index is 5.93. The van der Waals surface area contributed by atoms with E-state index in [-0.39, 0.29) is 24.0 Å². The summed E-state index contributed by atoms with van der Waals surface area (Å²) in [6.07, 6.45) is 0.949. The summed E-state index contributed by atoms with van der Waals surface area (Å²) in [5.74, 6) is 0.893. The van der Waals surface area contributed by atoms with E-state index >= 15 is 0 Å². The zero-order valence-electron chi connectivity index (χ0n) is 13.8. The van der Waals surface area contributed by atoms with Crippen molar-refractivity contribution >= 4 is 29.9 Å². The average molecular weight is 423 g/mol. The van der Waals surface area contributed by atoms with Crippen LogP contribution in [0.1, 0.15) is 29.5 Å². The molecule has 124 valence electrons. The van der Waals surface area contributed by atoms with E-state index in [0.717, 1.165) is 13.0 Å². The Kier molecular flexibility index (Phi) is 8.69. The minimum atomic E-state index is 0.